The molecule has 0 radical (unpaired) electrons. The number of urea groups is 1. The van der Waals surface area contributed by atoms with E-state index in [1.54, 1.807) is 14.1 Å². The van der Waals surface area contributed by atoms with Crippen molar-refractivity contribution in [2.75, 3.05) is 20.7 Å². The Kier molecular flexibility index (Phi) is 4.61. The zero-order valence-electron chi connectivity index (χ0n) is 7.29. The van der Waals surface area contributed by atoms with Crippen LogP contribution in [0, 0.1) is 0 Å². The average Bonchev–Trinajstić information content (AvgIpc) is 1.99. The van der Waals surface area contributed by atoms with Crippen molar-refractivity contribution in [3.8, 4) is 0 Å². The van der Waals surface area contributed by atoms with Crippen LogP contribution in [-0.2, 0) is 0 Å². The van der Waals surface area contributed by atoms with Gasteiger partial charge in [0.25, 0.3) is 0 Å². The zero-order valence-corrected chi connectivity index (χ0v) is 7.29. The Balaban J connectivity index is 3.72. The topological polar surface area (TPSA) is 52.6 Å². The summed E-state index contributed by atoms with van der Waals surface area (Å²) >= 11 is 0. The SMILES string of the molecule is CC[C@@H](CO)NC(=O)N(C)C. The van der Waals surface area contributed by atoms with Crippen molar-refractivity contribution in [2.24, 2.45) is 0 Å². The van der Waals surface area contributed by atoms with Gasteiger partial charge in [0.15, 0.2) is 0 Å². The summed E-state index contributed by atoms with van der Waals surface area (Å²) in [6.07, 6.45) is 0.746. The molecule has 4 heteroatoms. The van der Waals surface area contributed by atoms with Gasteiger partial charge in [0.2, 0.25) is 0 Å². The molecule has 0 aliphatic carbocycles. The van der Waals surface area contributed by atoms with E-state index in [1.165, 1.54) is 4.90 Å². The van der Waals surface area contributed by atoms with Crippen molar-refractivity contribution < 1.29 is 9.90 Å². The summed E-state index contributed by atoms with van der Waals surface area (Å²) in [5, 5.41) is 11.4. The number of hydrogen-bond donors (Lipinski definition) is 2. The largest absolute Gasteiger partial charge is 0.394 e. The van der Waals surface area contributed by atoms with Gasteiger partial charge in [-0.2, -0.15) is 0 Å². The number of nitrogens with zero attached hydrogens (tertiary/aromatic N) is 1. The highest BCUT2D eigenvalue weighted by Crippen LogP contribution is 1.89. The lowest BCUT2D eigenvalue weighted by Gasteiger charge is -2.17. The molecule has 11 heavy (non-hydrogen) atoms. The maximum atomic E-state index is 11.0. The molecular formula is C7H16N2O2. The molecule has 0 fully saturated rings. The first-order chi connectivity index (χ1) is 5.11. The molecule has 0 aromatic rings. The number of carbonyl (C=O) groups excluding carboxylic acids is 1. The van der Waals surface area contributed by atoms with Gasteiger partial charge in [0.1, 0.15) is 0 Å². The molecule has 0 aliphatic heterocycles. The molecule has 0 aromatic heterocycles. The number of nitrogens with one attached hydrogen (secondary N) is 1. The molecular weight excluding hydrogens is 144 g/mol. The second kappa shape index (κ2) is 4.96. The summed E-state index contributed by atoms with van der Waals surface area (Å²) in [6.45, 7) is 1.91. The predicted octanol–water partition coefficient (Wildman–Crippen LogP) is 0.0285. The predicted molar refractivity (Wildman–Crippen MR) is 43.4 cm³/mol. The van der Waals surface area contributed by atoms with Crippen molar-refractivity contribution >= 4 is 6.03 Å². The number of rotatable bonds is 3. The second-order valence-corrected chi connectivity index (χ2v) is 2.63. The third-order valence-corrected chi connectivity index (χ3v) is 1.45. The number of hydrogen-bond acceptors (Lipinski definition) is 2. The first-order valence-electron chi connectivity index (χ1n) is 3.70. The van der Waals surface area contributed by atoms with Crippen LogP contribution < -0.4 is 5.32 Å². The van der Waals surface area contributed by atoms with Crippen LogP contribution in [0.1, 0.15) is 13.3 Å². The molecule has 0 heterocycles. The van der Waals surface area contributed by atoms with Gasteiger partial charge in [-0.25, -0.2) is 4.79 Å². The molecule has 2 N–H and O–H groups in total. The van der Waals surface area contributed by atoms with Crippen LogP contribution in [0.15, 0.2) is 0 Å². The van der Waals surface area contributed by atoms with E-state index in [9.17, 15) is 4.79 Å². The summed E-state index contributed by atoms with van der Waals surface area (Å²) < 4.78 is 0. The van der Waals surface area contributed by atoms with E-state index in [1.807, 2.05) is 6.92 Å². The molecule has 0 rings (SSSR count). The van der Waals surface area contributed by atoms with E-state index in [0.29, 0.717) is 0 Å². The van der Waals surface area contributed by atoms with Crippen LogP contribution in [0.4, 0.5) is 4.79 Å². The molecule has 0 aromatic carbocycles. The molecule has 2 amide bonds. The maximum absolute atomic E-state index is 11.0. The third kappa shape index (κ3) is 3.83. The molecule has 66 valence electrons. The second-order valence-electron chi connectivity index (χ2n) is 2.63. The summed E-state index contributed by atoms with van der Waals surface area (Å²) in [4.78, 5) is 12.4. The quantitative estimate of drug-likeness (QED) is 0.612. The van der Waals surface area contributed by atoms with Gasteiger partial charge in [-0.1, -0.05) is 6.92 Å². The summed E-state index contributed by atoms with van der Waals surface area (Å²) in [6, 6.07) is -0.282. The Labute approximate surface area is 67.2 Å². The van der Waals surface area contributed by atoms with Crippen LogP contribution in [0.25, 0.3) is 0 Å². The molecule has 0 saturated carbocycles. The lowest BCUT2D eigenvalue weighted by Crippen LogP contribution is -2.42. The number of carbonyl (C=O) groups is 1. The minimum Gasteiger partial charge on any atom is -0.394 e. The zero-order chi connectivity index (χ0) is 8.85. The van der Waals surface area contributed by atoms with Gasteiger partial charge in [-0.05, 0) is 6.42 Å². The molecule has 0 bridgehead atoms. The first-order valence-corrected chi connectivity index (χ1v) is 3.70. The summed E-state index contributed by atoms with van der Waals surface area (Å²) in [7, 11) is 3.33. The van der Waals surface area contributed by atoms with Crippen LogP contribution in [-0.4, -0.2) is 42.8 Å². The van der Waals surface area contributed by atoms with Gasteiger partial charge in [0.05, 0.1) is 12.6 Å². The highest BCUT2D eigenvalue weighted by Gasteiger charge is 2.09. The van der Waals surface area contributed by atoms with Gasteiger partial charge in [0, 0.05) is 14.1 Å². The minimum atomic E-state index is -0.161. The third-order valence-electron chi connectivity index (χ3n) is 1.45. The van der Waals surface area contributed by atoms with Crippen molar-refractivity contribution in [3.05, 3.63) is 0 Å². The fraction of sp³-hybridized carbons (Fsp3) is 0.857. The van der Waals surface area contributed by atoms with Crippen LogP contribution in [0.3, 0.4) is 0 Å². The fourth-order valence-corrected chi connectivity index (χ4v) is 0.581. The van der Waals surface area contributed by atoms with Crippen LogP contribution >= 0.6 is 0 Å². The van der Waals surface area contributed by atoms with Gasteiger partial charge in [-0.3, -0.25) is 0 Å². The summed E-state index contributed by atoms with van der Waals surface area (Å²) in [5.41, 5.74) is 0. The smallest absolute Gasteiger partial charge is 0.317 e. The van der Waals surface area contributed by atoms with E-state index < -0.39 is 0 Å². The molecule has 0 spiro atoms. The van der Waals surface area contributed by atoms with Crippen LogP contribution in [0.5, 0.6) is 0 Å². The van der Waals surface area contributed by atoms with Crippen molar-refractivity contribution in [1.82, 2.24) is 10.2 Å². The highest BCUT2D eigenvalue weighted by molar-refractivity contribution is 5.73. The number of aliphatic hydroxyl groups is 1. The van der Waals surface area contributed by atoms with Crippen molar-refractivity contribution in [1.29, 1.82) is 0 Å². The lowest BCUT2D eigenvalue weighted by molar-refractivity contribution is 0.196. The van der Waals surface area contributed by atoms with Crippen molar-refractivity contribution in [2.45, 2.75) is 19.4 Å². The Hall–Kier alpha value is -0.770. The molecule has 4 nitrogen and oxygen atoms in total. The molecule has 0 saturated heterocycles. The van der Waals surface area contributed by atoms with Crippen LogP contribution in [0.2, 0.25) is 0 Å². The van der Waals surface area contributed by atoms with E-state index in [4.69, 9.17) is 5.11 Å². The molecule has 0 aliphatic rings. The first kappa shape index (κ1) is 10.2. The van der Waals surface area contributed by atoms with Gasteiger partial charge < -0.3 is 15.3 Å². The van der Waals surface area contributed by atoms with Crippen molar-refractivity contribution in [3.63, 3.8) is 0 Å². The average molecular weight is 160 g/mol. The normalized spacial score (nSPS) is 12.4. The monoisotopic (exact) mass is 160 g/mol. The van der Waals surface area contributed by atoms with Gasteiger partial charge >= 0.3 is 6.03 Å². The Morgan fingerprint density at radius 2 is 2.18 bits per heavy atom. The fourth-order valence-electron chi connectivity index (χ4n) is 0.581. The number of amides is 2. The Morgan fingerprint density at radius 1 is 1.64 bits per heavy atom. The lowest BCUT2D eigenvalue weighted by atomic mass is 10.2. The minimum absolute atomic E-state index is 0.00389. The molecule has 0 unspecified atom stereocenters. The van der Waals surface area contributed by atoms with E-state index >= 15 is 0 Å². The summed E-state index contributed by atoms with van der Waals surface area (Å²) in [5.74, 6) is 0. The van der Waals surface area contributed by atoms with E-state index in [-0.39, 0.29) is 18.7 Å². The Bertz CT molecular complexity index is 122. The molecule has 1 atom stereocenters. The number of aliphatic hydroxyl groups excluding tert-OH is 1. The standard InChI is InChI=1S/C7H16N2O2/c1-4-6(5-10)8-7(11)9(2)3/h6,10H,4-5H2,1-3H3,(H,8,11)/t6-/m0/s1. The van der Waals surface area contributed by atoms with E-state index in [2.05, 4.69) is 5.32 Å². The Morgan fingerprint density at radius 3 is 2.45 bits per heavy atom. The van der Waals surface area contributed by atoms with E-state index in [0.717, 1.165) is 6.42 Å². The maximum Gasteiger partial charge on any atom is 0.317 e. The van der Waals surface area contributed by atoms with Gasteiger partial charge in [-0.15, -0.1) is 0 Å². The highest BCUT2D eigenvalue weighted by atomic mass is 16.3.